The topological polar surface area (TPSA) is 95.1 Å². The van der Waals surface area contributed by atoms with E-state index in [1.165, 1.54) is 12.1 Å². The standard InChI is InChI=1S/C21H25N3O5/c1-14-6-7-15(24(26)27)11-18(14)22-21(25)13-23-10-4-5-19(23)17-9-8-16(28-2)12-20(17)29-3/h6-9,11-12,19H,4-5,10,13H2,1-3H3,(H,22,25)/p+1/t19-/m1/s1. The van der Waals surface area contributed by atoms with Crippen molar-refractivity contribution in [3.8, 4) is 11.5 Å². The van der Waals surface area contributed by atoms with Crippen molar-refractivity contribution in [2.75, 3.05) is 32.6 Å². The molecule has 8 nitrogen and oxygen atoms in total. The van der Waals surface area contributed by atoms with Crippen LogP contribution in [0, 0.1) is 17.0 Å². The summed E-state index contributed by atoms with van der Waals surface area (Å²) in [5.41, 5.74) is 2.27. The molecule has 2 aromatic carbocycles. The predicted octanol–water partition coefficient (Wildman–Crippen LogP) is 2.28. The first-order chi connectivity index (χ1) is 13.9. The third kappa shape index (κ3) is 4.65. The van der Waals surface area contributed by atoms with Gasteiger partial charge < -0.3 is 19.7 Å². The summed E-state index contributed by atoms with van der Waals surface area (Å²) in [5, 5.41) is 13.8. The summed E-state index contributed by atoms with van der Waals surface area (Å²) < 4.78 is 10.8. The number of non-ortho nitro benzene ring substituents is 1. The van der Waals surface area contributed by atoms with Crippen LogP contribution in [0.1, 0.15) is 30.0 Å². The number of nitrogens with zero attached hydrogens (tertiary/aromatic N) is 1. The molecule has 0 spiro atoms. The van der Waals surface area contributed by atoms with Gasteiger partial charge in [0.05, 0.1) is 36.9 Å². The number of carbonyl (C=O) groups excluding carboxylic acids is 1. The van der Waals surface area contributed by atoms with E-state index in [4.69, 9.17) is 9.47 Å². The fraction of sp³-hybridized carbons (Fsp3) is 0.381. The van der Waals surface area contributed by atoms with Gasteiger partial charge in [0.25, 0.3) is 11.6 Å². The van der Waals surface area contributed by atoms with Crippen molar-refractivity contribution in [1.82, 2.24) is 0 Å². The minimum absolute atomic E-state index is 0.0414. The predicted molar refractivity (Wildman–Crippen MR) is 109 cm³/mol. The smallest absolute Gasteiger partial charge is 0.279 e. The Morgan fingerprint density at radius 1 is 1.24 bits per heavy atom. The molecule has 3 rings (SSSR count). The Morgan fingerprint density at radius 2 is 2.03 bits per heavy atom. The molecule has 1 aliphatic heterocycles. The van der Waals surface area contributed by atoms with Gasteiger partial charge in [0.2, 0.25) is 0 Å². The van der Waals surface area contributed by atoms with E-state index in [2.05, 4.69) is 5.32 Å². The molecule has 8 heteroatoms. The SMILES string of the molecule is COc1ccc([C@H]2CCC[NH+]2CC(=O)Nc2cc([N+](=O)[O-])ccc2C)c(OC)c1. The minimum atomic E-state index is -0.465. The largest absolute Gasteiger partial charge is 0.497 e. The summed E-state index contributed by atoms with van der Waals surface area (Å²) in [6.45, 7) is 2.97. The first-order valence-corrected chi connectivity index (χ1v) is 9.54. The number of hydrogen-bond donors (Lipinski definition) is 2. The number of ether oxygens (including phenoxy) is 2. The molecule has 1 unspecified atom stereocenters. The maximum atomic E-state index is 12.7. The quantitative estimate of drug-likeness (QED) is 0.549. The molecule has 0 radical (unpaired) electrons. The third-order valence-corrected chi connectivity index (χ3v) is 5.39. The van der Waals surface area contributed by atoms with Gasteiger partial charge in [-0.05, 0) is 24.6 Å². The fourth-order valence-electron chi connectivity index (χ4n) is 3.86. The first kappa shape index (κ1) is 20.6. The molecule has 1 aliphatic rings. The van der Waals surface area contributed by atoms with Crippen LogP contribution in [0.3, 0.4) is 0 Å². The highest BCUT2D eigenvalue weighted by Crippen LogP contribution is 2.31. The van der Waals surface area contributed by atoms with Crippen molar-refractivity contribution in [3.05, 3.63) is 57.6 Å². The van der Waals surface area contributed by atoms with Crippen LogP contribution in [0.5, 0.6) is 11.5 Å². The molecular formula is C21H26N3O5+. The van der Waals surface area contributed by atoms with E-state index in [0.29, 0.717) is 5.69 Å². The van der Waals surface area contributed by atoms with Crippen LogP contribution >= 0.6 is 0 Å². The highest BCUT2D eigenvalue weighted by atomic mass is 16.6. The van der Waals surface area contributed by atoms with Gasteiger partial charge in [-0.2, -0.15) is 0 Å². The summed E-state index contributed by atoms with van der Waals surface area (Å²) in [6, 6.07) is 10.4. The van der Waals surface area contributed by atoms with E-state index in [1.54, 1.807) is 20.3 Å². The number of quaternary nitrogens is 1. The molecular weight excluding hydrogens is 374 g/mol. The molecule has 2 N–H and O–H groups in total. The summed E-state index contributed by atoms with van der Waals surface area (Å²) in [4.78, 5) is 24.4. The Hall–Kier alpha value is -3.13. The van der Waals surface area contributed by atoms with Crippen molar-refractivity contribution in [3.63, 3.8) is 0 Å². The van der Waals surface area contributed by atoms with Crippen LogP contribution in [0.25, 0.3) is 0 Å². The Kier molecular flexibility index (Phi) is 6.33. The Bertz CT molecular complexity index is 915. The summed E-state index contributed by atoms with van der Waals surface area (Å²) in [7, 11) is 3.24. The zero-order valence-electron chi connectivity index (χ0n) is 16.9. The van der Waals surface area contributed by atoms with Gasteiger partial charge in [-0.15, -0.1) is 0 Å². The molecule has 2 aromatic rings. The number of nitrogens with one attached hydrogen (secondary N) is 2. The first-order valence-electron chi connectivity index (χ1n) is 9.54. The van der Waals surface area contributed by atoms with Gasteiger partial charge in [-0.25, -0.2) is 0 Å². The average Bonchev–Trinajstić information content (AvgIpc) is 3.16. The van der Waals surface area contributed by atoms with Crippen LogP contribution in [0.4, 0.5) is 11.4 Å². The summed E-state index contributed by atoms with van der Waals surface area (Å²) in [5.74, 6) is 1.32. The summed E-state index contributed by atoms with van der Waals surface area (Å²) in [6.07, 6.45) is 1.97. The molecule has 1 amide bonds. The lowest BCUT2D eigenvalue weighted by Crippen LogP contribution is -3.11. The van der Waals surface area contributed by atoms with Crippen LogP contribution in [0.15, 0.2) is 36.4 Å². The Morgan fingerprint density at radius 3 is 2.72 bits per heavy atom. The zero-order valence-corrected chi connectivity index (χ0v) is 16.9. The van der Waals surface area contributed by atoms with E-state index in [0.717, 1.165) is 46.9 Å². The minimum Gasteiger partial charge on any atom is -0.497 e. The molecule has 2 atom stereocenters. The number of likely N-dealkylation sites (tertiary alicyclic amines) is 1. The number of methoxy groups -OCH3 is 2. The second-order valence-corrected chi connectivity index (χ2v) is 7.19. The number of anilines is 1. The molecule has 0 bridgehead atoms. The molecule has 1 fully saturated rings. The number of rotatable bonds is 7. The van der Waals surface area contributed by atoms with Gasteiger partial charge in [-0.3, -0.25) is 14.9 Å². The molecule has 154 valence electrons. The van der Waals surface area contributed by atoms with E-state index >= 15 is 0 Å². The molecule has 0 aliphatic carbocycles. The van der Waals surface area contributed by atoms with Crippen molar-refractivity contribution in [2.45, 2.75) is 25.8 Å². The number of benzene rings is 2. The number of hydrogen-bond acceptors (Lipinski definition) is 5. The molecule has 29 heavy (non-hydrogen) atoms. The highest BCUT2D eigenvalue weighted by molar-refractivity contribution is 5.92. The number of aryl methyl sites for hydroxylation is 1. The lowest BCUT2D eigenvalue weighted by Gasteiger charge is -2.23. The Labute approximate surface area is 169 Å². The maximum absolute atomic E-state index is 12.7. The number of carbonyl (C=O) groups is 1. The van der Waals surface area contributed by atoms with Crippen molar-refractivity contribution < 1.29 is 24.1 Å². The van der Waals surface area contributed by atoms with E-state index in [1.807, 2.05) is 25.1 Å². The highest BCUT2D eigenvalue weighted by Gasteiger charge is 2.33. The van der Waals surface area contributed by atoms with Crippen LogP contribution in [0.2, 0.25) is 0 Å². The number of nitro benzene ring substituents is 1. The Balaban J connectivity index is 1.74. The van der Waals surface area contributed by atoms with Gasteiger partial charge in [0, 0.05) is 31.0 Å². The fourth-order valence-corrected chi connectivity index (χ4v) is 3.86. The van der Waals surface area contributed by atoms with Gasteiger partial charge in [0.1, 0.15) is 17.5 Å². The van der Waals surface area contributed by atoms with E-state index < -0.39 is 4.92 Å². The van der Waals surface area contributed by atoms with E-state index in [-0.39, 0.29) is 24.2 Å². The monoisotopic (exact) mass is 400 g/mol. The van der Waals surface area contributed by atoms with E-state index in [9.17, 15) is 14.9 Å². The molecule has 1 heterocycles. The van der Waals surface area contributed by atoms with Gasteiger partial charge in [0.15, 0.2) is 6.54 Å². The second kappa shape index (κ2) is 8.91. The average molecular weight is 400 g/mol. The van der Waals surface area contributed by atoms with Gasteiger partial charge >= 0.3 is 0 Å². The lowest BCUT2D eigenvalue weighted by molar-refractivity contribution is -0.910. The third-order valence-electron chi connectivity index (χ3n) is 5.39. The summed E-state index contributed by atoms with van der Waals surface area (Å²) >= 11 is 0. The molecule has 0 aromatic heterocycles. The van der Waals surface area contributed by atoms with Crippen molar-refractivity contribution in [1.29, 1.82) is 0 Å². The number of amides is 1. The van der Waals surface area contributed by atoms with Crippen LogP contribution < -0.4 is 19.7 Å². The number of nitro groups is 1. The second-order valence-electron chi connectivity index (χ2n) is 7.19. The van der Waals surface area contributed by atoms with Crippen molar-refractivity contribution >= 4 is 17.3 Å². The van der Waals surface area contributed by atoms with Crippen LogP contribution in [-0.4, -0.2) is 38.1 Å². The van der Waals surface area contributed by atoms with Crippen LogP contribution in [-0.2, 0) is 4.79 Å². The van der Waals surface area contributed by atoms with Crippen molar-refractivity contribution in [2.24, 2.45) is 0 Å². The maximum Gasteiger partial charge on any atom is 0.279 e. The normalized spacial score (nSPS) is 18.3. The molecule has 0 saturated carbocycles. The van der Waals surface area contributed by atoms with Gasteiger partial charge in [-0.1, -0.05) is 6.07 Å². The molecule has 1 saturated heterocycles. The zero-order chi connectivity index (χ0) is 21.0. The lowest BCUT2D eigenvalue weighted by atomic mass is 10.0.